The van der Waals surface area contributed by atoms with E-state index in [0.717, 1.165) is 40.7 Å². The monoisotopic (exact) mass is 455 g/mol. The highest BCUT2D eigenvalue weighted by atomic mass is 79.9. The summed E-state index contributed by atoms with van der Waals surface area (Å²) in [5.41, 5.74) is 1.91. The second-order valence-electron chi connectivity index (χ2n) is 6.46. The van der Waals surface area contributed by atoms with Gasteiger partial charge in [-0.3, -0.25) is 4.79 Å². The molecule has 0 amide bonds. The minimum absolute atomic E-state index is 0.0121. The molecular formula is C19H23BrClN3O3. The van der Waals surface area contributed by atoms with Crippen LogP contribution in [-0.2, 0) is 11.2 Å². The topological polar surface area (TPSA) is 56.6 Å². The molecule has 1 atom stereocenters. The Morgan fingerprint density at radius 3 is 2.81 bits per heavy atom. The quantitative estimate of drug-likeness (QED) is 0.620. The van der Waals surface area contributed by atoms with Gasteiger partial charge in [-0.2, -0.15) is 0 Å². The summed E-state index contributed by atoms with van der Waals surface area (Å²) in [6.45, 7) is 3.30. The van der Waals surface area contributed by atoms with Crippen molar-refractivity contribution in [2.45, 2.75) is 32.2 Å². The molecule has 0 spiro atoms. The number of methoxy groups -OCH3 is 2. The molecule has 0 bridgehead atoms. The van der Waals surface area contributed by atoms with Gasteiger partial charge in [0, 0.05) is 37.0 Å². The van der Waals surface area contributed by atoms with Crippen LogP contribution in [-0.4, -0.2) is 36.9 Å². The minimum Gasteiger partial charge on any atom is -0.497 e. The van der Waals surface area contributed by atoms with Gasteiger partial charge in [0.05, 0.1) is 12.8 Å². The van der Waals surface area contributed by atoms with Crippen molar-refractivity contribution in [3.05, 3.63) is 43.9 Å². The number of benzene rings is 1. The molecule has 2 heterocycles. The second kappa shape index (κ2) is 8.63. The fourth-order valence-corrected chi connectivity index (χ4v) is 4.38. The van der Waals surface area contributed by atoms with Crippen LogP contribution in [0.4, 0.5) is 11.5 Å². The number of rotatable bonds is 7. The SMILES string of the molecule is CCC(CCOC)n1cc(Cl)nc(N2CCc3cc(OC)cc(Br)c32)c1=O. The number of anilines is 2. The lowest BCUT2D eigenvalue weighted by Gasteiger charge is -2.23. The van der Waals surface area contributed by atoms with Crippen LogP contribution >= 0.6 is 27.5 Å². The van der Waals surface area contributed by atoms with E-state index in [0.29, 0.717) is 24.1 Å². The van der Waals surface area contributed by atoms with Crippen molar-refractivity contribution in [1.29, 1.82) is 0 Å². The van der Waals surface area contributed by atoms with Gasteiger partial charge in [-0.05, 0) is 52.9 Å². The predicted molar refractivity (Wildman–Crippen MR) is 111 cm³/mol. The number of hydrogen-bond acceptors (Lipinski definition) is 5. The third kappa shape index (κ3) is 4.00. The third-order valence-corrected chi connectivity index (χ3v) is 5.67. The van der Waals surface area contributed by atoms with E-state index in [1.165, 1.54) is 0 Å². The molecule has 8 heteroatoms. The van der Waals surface area contributed by atoms with Gasteiger partial charge >= 0.3 is 0 Å². The molecule has 1 aromatic heterocycles. The largest absolute Gasteiger partial charge is 0.497 e. The molecule has 0 saturated carbocycles. The minimum atomic E-state index is -0.141. The Kier molecular flexibility index (Phi) is 6.44. The zero-order chi connectivity index (χ0) is 19.6. The number of halogens is 2. The van der Waals surface area contributed by atoms with Crippen molar-refractivity contribution in [1.82, 2.24) is 9.55 Å². The predicted octanol–water partition coefficient (Wildman–Crippen LogP) is 4.35. The number of aromatic nitrogens is 2. The molecule has 0 radical (unpaired) electrons. The molecule has 27 heavy (non-hydrogen) atoms. The van der Waals surface area contributed by atoms with Crippen LogP contribution in [0.25, 0.3) is 0 Å². The van der Waals surface area contributed by atoms with Crippen LogP contribution < -0.4 is 15.2 Å². The first kappa shape index (κ1) is 20.2. The van der Waals surface area contributed by atoms with Crippen molar-refractivity contribution >= 4 is 39.0 Å². The Hall–Kier alpha value is -1.57. The first-order valence-electron chi connectivity index (χ1n) is 8.91. The van der Waals surface area contributed by atoms with Gasteiger partial charge in [-0.15, -0.1) is 0 Å². The molecule has 1 unspecified atom stereocenters. The van der Waals surface area contributed by atoms with E-state index in [4.69, 9.17) is 21.1 Å². The maximum atomic E-state index is 13.2. The van der Waals surface area contributed by atoms with Gasteiger partial charge in [0.25, 0.3) is 5.56 Å². The summed E-state index contributed by atoms with van der Waals surface area (Å²) in [5.74, 6) is 1.13. The van der Waals surface area contributed by atoms with E-state index in [-0.39, 0.29) is 11.6 Å². The van der Waals surface area contributed by atoms with Crippen molar-refractivity contribution in [2.75, 3.05) is 32.3 Å². The fraction of sp³-hybridized carbons (Fsp3) is 0.474. The van der Waals surface area contributed by atoms with Gasteiger partial charge in [-0.25, -0.2) is 4.98 Å². The van der Waals surface area contributed by atoms with Gasteiger partial charge in [0.15, 0.2) is 0 Å². The summed E-state index contributed by atoms with van der Waals surface area (Å²) >= 11 is 9.90. The lowest BCUT2D eigenvalue weighted by atomic mass is 10.1. The van der Waals surface area contributed by atoms with Crippen LogP contribution in [0.1, 0.15) is 31.4 Å². The molecule has 1 aliphatic rings. The smallest absolute Gasteiger partial charge is 0.294 e. The molecule has 2 aromatic rings. The van der Waals surface area contributed by atoms with E-state index < -0.39 is 0 Å². The maximum absolute atomic E-state index is 13.2. The first-order chi connectivity index (χ1) is 13.0. The highest BCUT2D eigenvalue weighted by Crippen LogP contribution is 2.41. The van der Waals surface area contributed by atoms with Gasteiger partial charge in [0.1, 0.15) is 10.9 Å². The van der Waals surface area contributed by atoms with E-state index in [1.54, 1.807) is 25.0 Å². The third-order valence-electron chi connectivity index (χ3n) is 4.89. The van der Waals surface area contributed by atoms with E-state index in [1.807, 2.05) is 17.0 Å². The molecule has 3 rings (SSSR count). The number of nitrogens with zero attached hydrogens (tertiary/aromatic N) is 3. The van der Waals surface area contributed by atoms with Gasteiger partial charge < -0.3 is 18.9 Å². The van der Waals surface area contributed by atoms with Gasteiger partial charge in [0.2, 0.25) is 5.82 Å². The molecule has 1 aliphatic heterocycles. The van der Waals surface area contributed by atoms with Crippen LogP contribution in [0.5, 0.6) is 5.75 Å². The Balaban J connectivity index is 2.06. The average molecular weight is 457 g/mol. The summed E-state index contributed by atoms with van der Waals surface area (Å²) in [6.07, 6.45) is 3.97. The first-order valence-corrected chi connectivity index (χ1v) is 10.1. The number of ether oxygens (including phenoxy) is 2. The van der Waals surface area contributed by atoms with Crippen LogP contribution in [0.15, 0.2) is 27.6 Å². The summed E-state index contributed by atoms with van der Waals surface area (Å²) in [7, 11) is 3.30. The van der Waals surface area contributed by atoms with Crippen molar-refractivity contribution < 1.29 is 9.47 Å². The summed E-state index contributed by atoms with van der Waals surface area (Å²) < 4.78 is 13.1. The Labute approximate surface area is 172 Å². The number of fused-ring (bicyclic) bond motifs is 1. The van der Waals surface area contributed by atoms with E-state index in [9.17, 15) is 4.79 Å². The molecule has 0 aliphatic carbocycles. The van der Waals surface area contributed by atoms with Gasteiger partial charge in [-0.1, -0.05) is 18.5 Å². The second-order valence-corrected chi connectivity index (χ2v) is 7.70. The molecule has 146 valence electrons. The Bertz CT molecular complexity index is 887. The van der Waals surface area contributed by atoms with Crippen molar-refractivity contribution in [3.63, 3.8) is 0 Å². The standard InChI is InChI=1S/C19H23BrClN3O3/c1-4-13(6-8-26-2)24-11-16(21)22-18(19(24)25)23-7-5-12-9-14(27-3)10-15(20)17(12)23/h9-11,13H,4-8H2,1-3H3. The normalized spacial score (nSPS) is 14.3. The zero-order valence-corrected chi connectivity index (χ0v) is 18.0. The van der Waals surface area contributed by atoms with Crippen LogP contribution in [0, 0.1) is 0 Å². The molecule has 0 N–H and O–H groups in total. The Morgan fingerprint density at radius 2 is 2.15 bits per heavy atom. The fourth-order valence-electron chi connectivity index (χ4n) is 3.50. The van der Waals surface area contributed by atoms with Crippen LogP contribution in [0.2, 0.25) is 5.15 Å². The maximum Gasteiger partial charge on any atom is 0.294 e. The molecule has 0 saturated heterocycles. The highest BCUT2D eigenvalue weighted by Gasteiger charge is 2.28. The highest BCUT2D eigenvalue weighted by molar-refractivity contribution is 9.10. The summed E-state index contributed by atoms with van der Waals surface area (Å²) in [5, 5.41) is 0.304. The molecule has 6 nitrogen and oxygen atoms in total. The number of hydrogen-bond donors (Lipinski definition) is 0. The summed E-state index contributed by atoms with van der Waals surface area (Å²) in [4.78, 5) is 19.5. The summed E-state index contributed by atoms with van der Waals surface area (Å²) in [6, 6.07) is 3.91. The van der Waals surface area contributed by atoms with E-state index in [2.05, 4.69) is 27.8 Å². The Morgan fingerprint density at radius 1 is 1.37 bits per heavy atom. The lowest BCUT2D eigenvalue weighted by Crippen LogP contribution is -2.32. The van der Waals surface area contributed by atoms with Crippen molar-refractivity contribution in [3.8, 4) is 5.75 Å². The lowest BCUT2D eigenvalue weighted by molar-refractivity contribution is 0.176. The molecule has 0 fully saturated rings. The zero-order valence-electron chi connectivity index (χ0n) is 15.7. The molecule has 1 aromatic carbocycles. The molecular weight excluding hydrogens is 434 g/mol. The van der Waals surface area contributed by atoms with Crippen molar-refractivity contribution in [2.24, 2.45) is 0 Å². The average Bonchev–Trinajstić information content (AvgIpc) is 3.08. The van der Waals surface area contributed by atoms with Crippen LogP contribution in [0.3, 0.4) is 0 Å². The van der Waals surface area contributed by atoms with E-state index >= 15 is 0 Å².